The van der Waals surface area contributed by atoms with E-state index < -0.39 is 0 Å². The maximum atomic E-state index is 11.6. The van der Waals surface area contributed by atoms with E-state index in [1.165, 1.54) is 6.92 Å². The Bertz CT molecular complexity index is 534. The van der Waals surface area contributed by atoms with Crippen LogP contribution in [0.3, 0.4) is 0 Å². The number of carbonyl (C=O) groups is 4. The van der Waals surface area contributed by atoms with Crippen LogP contribution in [0.25, 0.3) is 0 Å². The van der Waals surface area contributed by atoms with Crippen LogP contribution in [0.1, 0.15) is 44.6 Å². The molecule has 22 heavy (non-hydrogen) atoms. The fourth-order valence-corrected chi connectivity index (χ4v) is 1.97. The molecular weight excluding hydrogens is 282 g/mol. The number of unbranched alkanes of at least 4 members (excludes halogenated alkanes) is 1. The van der Waals surface area contributed by atoms with Crippen molar-refractivity contribution in [2.45, 2.75) is 45.4 Å². The molecule has 0 aromatic heterocycles. The molecule has 0 aliphatic rings. The number of benzene rings is 1. The number of aldehydes is 1. The van der Waals surface area contributed by atoms with Gasteiger partial charge in [-0.05, 0) is 37.5 Å². The summed E-state index contributed by atoms with van der Waals surface area (Å²) in [7, 11) is 0. The van der Waals surface area contributed by atoms with Gasteiger partial charge in [0.2, 0.25) is 5.91 Å². The first kappa shape index (κ1) is 17.8. The summed E-state index contributed by atoms with van der Waals surface area (Å²) in [6.45, 7) is 1.41. The number of hydrogen-bond acceptors (Lipinski definition) is 4. The Labute approximate surface area is 130 Å². The number of aryl methyl sites for hydroxylation is 1. The van der Waals surface area contributed by atoms with Gasteiger partial charge in [-0.25, -0.2) is 0 Å². The third kappa shape index (κ3) is 7.47. The van der Waals surface area contributed by atoms with Crippen molar-refractivity contribution in [3.63, 3.8) is 0 Å². The molecule has 0 radical (unpaired) electrons. The summed E-state index contributed by atoms with van der Waals surface area (Å²) in [4.78, 5) is 44.1. The zero-order valence-corrected chi connectivity index (χ0v) is 12.8. The lowest BCUT2D eigenvalue weighted by Crippen LogP contribution is -2.11. The highest BCUT2D eigenvalue weighted by Crippen LogP contribution is 2.12. The molecule has 0 aliphatic heterocycles. The van der Waals surface area contributed by atoms with Gasteiger partial charge >= 0.3 is 0 Å². The molecule has 0 atom stereocenters. The summed E-state index contributed by atoms with van der Waals surface area (Å²) in [6.07, 6.45) is 2.98. The van der Waals surface area contributed by atoms with Gasteiger partial charge in [0, 0.05) is 24.9 Å². The third-order valence-corrected chi connectivity index (χ3v) is 3.10. The Kier molecular flexibility index (Phi) is 7.75. The molecule has 0 unspecified atom stereocenters. The minimum atomic E-state index is -0.119. The average molecular weight is 303 g/mol. The van der Waals surface area contributed by atoms with Crippen LogP contribution in [-0.4, -0.2) is 23.8 Å². The predicted molar refractivity (Wildman–Crippen MR) is 83.6 cm³/mol. The second-order valence-corrected chi connectivity index (χ2v) is 5.22. The molecule has 0 saturated heterocycles. The van der Waals surface area contributed by atoms with Crippen LogP contribution in [0.2, 0.25) is 0 Å². The molecule has 5 heteroatoms. The number of anilines is 1. The third-order valence-electron chi connectivity index (χ3n) is 3.10. The Balaban J connectivity index is 2.39. The lowest BCUT2D eigenvalue weighted by atomic mass is 10.0. The largest absolute Gasteiger partial charge is 0.326 e. The average Bonchev–Trinajstić information content (AvgIpc) is 2.46. The highest BCUT2D eigenvalue weighted by Gasteiger charge is 2.06. The van der Waals surface area contributed by atoms with E-state index in [4.69, 9.17) is 0 Å². The van der Waals surface area contributed by atoms with Crippen molar-refractivity contribution >= 4 is 29.4 Å². The fraction of sp³-hybridized carbons (Fsp3) is 0.412. The number of amides is 1. The number of hydrogen-bond donors (Lipinski definition) is 1. The van der Waals surface area contributed by atoms with Gasteiger partial charge in [-0.3, -0.25) is 14.4 Å². The van der Waals surface area contributed by atoms with E-state index in [1.54, 1.807) is 12.1 Å². The number of rotatable bonds is 10. The van der Waals surface area contributed by atoms with E-state index in [0.29, 0.717) is 37.8 Å². The number of carbonyl (C=O) groups excluding carboxylic acids is 4. The van der Waals surface area contributed by atoms with Gasteiger partial charge in [0.15, 0.2) is 0 Å². The highest BCUT2D eigenvalue weighted by atomic mass is 16.2. The maximum Gasteiger partial charge on any atom is 0.224 e. The Morgan fingerprint density at radius 1 is 1.09 bits per heavy atom. The lowest BCUT2D eigenvalue weighted by molar-refractivity contribution is -0.126. The molecule has 1 aromatic carbocycles. The van der Waals surface area contributed by atoms with Crippen LogP contribution in [0.5, 0.6) is 0 Å². The van der Waals surface area contributed by atoms with Gasteiger partial charge < -0.3 is 10.1 Å². The van der Waals surface area contributed by atoms with Crippen molar-refractivity contribution in [1.82, 2.24) is 0 Å². The summed E-state index contributed by atoms with van der Waals surface area (Å²) >= 11 is 0. The lowest BCUT2D eigenvalue weighted by Gasteiger charge is -2.06. The first-order valence-corrected chi connectivity index (χ1v) is 7.35. The molecule has 1 rings (SSSR count). The fourth-order valence-electron chi connectivity index (χ4n) is 1.97. The molecule has 1 aromatic rings. The van der Waals surface area contributed by atoms with Gasteiger partial charge in [-0.1, -0.05) is 12.1 Å². The Morgan fingerprint density at radius 3 is 2.36 bits per heavy atom. The van der Waals surface area contributed by atoms with Crippen LogP contribution >= 0.6 is 0 Å². The van der Waals surface area contributed by atoms with E-state index in [2.05, 4.69) is 5.32 Å². The number of ketones is 2. The van der Waals surface area contributed by atoms with Crippen LogP contribution < -0.4 is 5.32 Å². The van der Waals surface area contributed by atoms with Crippen LogP contribution in [0.15, 0.2) is 24.3 Å². The SMILES string of the molecule is CC(=O)CC(=O)CCc1ccc(NC(=O)CCCC=O)cc1. The zero-order chi connectivity index (χ0) is 16.4. The molecule has 118 valence electrons. The van der Waals surface area contributed by atoms with Crippen molar-refractivity contribution in [3.05, 3.63) is 29.8 Å². The van der Waals surface area contributed by atoms with Crippen LogP contribution in [0, 0.1) is 0 Å². The van der Waals surface area contributed by atoms with Gasteiger partial charge in [0.1, 0.15) is 17.9 Å². The normalized spacial score (nSPS) is 10.0. The first-order valence-electron chi connectivity index (χ1n) is 7.35. The molecule has 0 heterocycles. The summed E-state index contributed by atoms with van der Waals surface area (Å²) in [6, 6.07) is 7.26. The van der Waals surface area contributed by atoms with Crippen molar-refractivity contribution < 1.29 is 19.2 Å². The summed E-state index contributed by atoms with van der Waals surface area (Å²) < 4.78 is 0. The second-order valence-electron chi connectivity index (χ2n) is 5.22. The number of Topliss-reactive ketones (excluding diaryl/α,β-unsaturated/α-hetero) is 2. The molecule has 0 fully saturated rings. The standard InChI is InChI=1S/C17H21NO4/c1-13(20)12-16(21)10-7-14-5-8-15(9-6-14)18-17(22)4-2-3-11-19/h5-6,8-9,11H,2-4,7,10,12H2,1H3,(H,18,22). The van der Waals surface area contributed by atoms with E-state index >= 15 is 0 Å². The summed E-state index contributed by atoms with van der Waals surface area (Å²) in [5.41, 5.74) is 1.67. The second kappa shape index (κ2) is 9.60. The van der Waals surface area contributed by atoms with Gasteiger partial charge in [-0.2, -0.15) is 0 Å². The summed E-state index contributed by atoms with van der Waals surface area (Å²) in [5.74, 6) is -0.288. The molecule has 1 amide bonds. The van der Waals surface area contributed by atoms with Crippen LogP contribution in [-0.2, 0) is 25.6 Å². The zero-order valence-electron chi connectivity index (χ0n) is 12.8. The minimum absolute atomic E-state index is 0.00503. The molecule has 5 nitrogen and oxygen atoms in total. The van der Waals surface area contributed by atoms with Crippen LogP contribution in [0.4, 0.5) is 5.69 Å². The van der Waals surface area contributed by atoms with Crippen molar-refractivity contribution in [3.8, 4) is 0 Å². The van der Waals surface area contributed by atoms with Gasteiger partial charge in [-0.15, -0.1) is 0 Å². The Hall–Kier alpha value is -2.30. The molecule has 0 spiro atoms. The quantitative estimate of drug-likeness (QED) is 0.409. The molecule has 0 saturated carbocycles. The van der Waals surface area contributed by atoms with E-state index in [9.17, 15) is 19.2 Å². The van der Waals surface area contributed by atoms with Gasteiger partial charge in [0.05, 0.1) is 6.42 Å². The summed E-state index contributed by atoms with van der Waals surface area (Å²) in [5, 5.41) is 2.75. The van der Waals surface area contributed by atoms with E-state index in [0.717, 1.165) is 11.8 Å². The predicted octanol–water partition coefficient (Wildman–Crippen LogP) is 2.48. The number of nitrogens with one attached hydrogen (secondary N) is 1. The molecule has 1 N–H and O–H groups in total. The topological polar surface area (TPSA) is 80.3 Å². The molecule has 0 aliphatic carbocycles. The maximum absolute atomic E-state index is 11.6. The van der Waals surface area contributed by atoms with E-state index in [-0.39, 0.29) is 23.9 Å². The first-order chi connectivity index (χ1) is 10.5. The molecule has 0 bridgehead atoms. The van der Waals surface area contributed by atoms with Gasteiger partial charge in [0.25, 0.3) is 0 Å². The van der Waals surface area contributed by atoms with Crippen molar-refractivity contribution in [1.29, 1.82) is 0 Å². The van der Waals surface area contributed by atoms with Crippen molar-refractivity contribution in [2.75, 3.05) is 5.32 Å². The smallest absolute Gasteiger partial charge is 0.224 e. The van der Waals surface area contributed by atoms with E-state index in [1.807, 2.05) is 12.1 Å². The molecular formula is C17H21NO4. The van der Waals surface area contributed by atoms with Crippen molar-refractivity contribution in [2.24, 2.45) is 0 Å². The minimum Gasteiger partial charge on any atom is -0.326 e. The Morgan fingerprint density at radius 2 is 1.77 bits per heavy atom. The highest BCUT2D eigenvalue weighted by molar-refractivity contribution is 5.98. The monoisotopic (exact) mass is 303 g/mol.